The van der Waals surface area contributed by atoms with Gasteiger partial charge < -0.3 is 11.5 Å². The SMILES string of the molecule is CC(N)c1cccc2c1C(N)CC2. The normalized spacial score (nSPS) is 22.8. The van der Waals surface area contributed by atoms with E-state index in [2.05, 4.69) is 18.2 Å². The topological polar surface area (TPSA) is 52.0 Å². The Hall–Kier alpha value is -0.860. The summed E-state index contributed by atoms with van der Waals surface area (Å²) in [6.07, 6.45) is 2.18. The Morgan fingerprint density at radius 3 is 2.92 bits per heavy atom. The summed E-state index contributed by atoms with van der Waals surface area (Å²) in [5.41, 5.74) is 15.8. The van der Waals surface area contributed by atoms with E-state index in [9.17, 15) is 0 Å². The lowest BCUT2D eigenvalue weighted by molar-refractivity contribution is 0.693. The minimum absolute atomic E-state index is 0.0964. The molecule has 1 aromatic rings. The fourth-order valence-corrected chi connectivity index (χ4v) is 2.16. The fraction of sp³-hybridized carbons (Fsp3) is 0.455. The molecule has 0 fully saturated rings. The van der Waals surface area contributed by atoms with Crippen molar-refractivity contribution in [1.29, 1.82) is 0 Å². The van der Waals surface area contributed by atoms with Crippen LogP contribution in [0.25, 0.3) is 0 Å². The Kier molecular flexibility index (Phi) is 2.10. The quantitative estimate of drug-likeness (QED) is 0.683. The van der Waals surface area contributed by atoms with Gasteiger partial charge in [0.15, 0.2) is 0 Å². The molecule has 0 radical (unpaired) electrons. The first kappa shape index (κ1) is 8.73. The van der Waals surface area contributed by atoms with Crippen molar-refractivity contribution in [1.82, 2.24) is 0 Å². The molecule has 0 amide bonds. The Morgan fingerprint density at radius 1 is 1.46 bits per heavy atom. The summed E-state index contributed by atoms with van der Waals surface area (Å²) in [5, 5.41) is 0. The maximum absolute atomic E-state index is 6.03. The van der Waals surface area contributed by atoms with E-state index in [0.717, 1.165) is 12.8 Å². The molecule has 2 unspecified atom stereocenters. The molecule has 0 saturated carbocycles. The van der Waals surface area contributed by atoms with Crippen LogP contribution in [0.1, 0.15) is 42.1 Å². The molecule has 1 aliphatic carbocycles. The second-order valence-corrected chi connectivity index (χ2v) is 3.85. The molecule has 1 aromatic carbocycles. The monoisotopic (exact) mass is 176 g/mol. The summed E-state index contributed by atoms with van der Waals surface area (Å²) in [6, 6.07) is 6.63. The third kappa shape index (κ3) is 1.36. The molecule has 13 heavy (non-hydrogen) atoms. The van der Waals surface area contributed by atoms with Gasteiger partial charge in [-0.15, -0.1) is 0 Å². The van der Waals surface area contributed by atoms with Gasteiger partial charge in [-0.3, -0.25) is 0 Å². The predicted octanol–water partition coefficient (Wildman–Crippen LogP) is 1.65. The molecular weight excluding hydrogens is 160 g/mol. The number of hydrogen-bond acceptors (Lipinski definition) is 2. The Balaban J connectivity index is 2.53. The van der Waals surface area contributed by atoms with Crippen LogP contribution >= 0.6 is 0 Å². The minimum atomic E-state index is 0.0964. The zero-order valence-corrected chi connectivity index (χ0v) is 7.96. The molecule has 1 aliphatic rings. The van der Waals surface area contributed by atoms with Crippen LogP contribution in [0, 0.1) is 0 Å². The van der Waals surface area contributed by atoms with Crippen LogP contribution < -0.4 is 11.5 Å². The summed E-state index contributed by atoms with van der Waals surface area (Å²) < 4.78 is 0. The van der Waals surface area contributed by atoms with Gasteiger partial charge in [-0.1, -0.05) is 18.2 Å². The number of nitrogens with two attached hydrogens (primary N) is 2. The van der Waals surface area contributed by atoms with Crippen LogP contribution in [-0.2, 0) is 6.42 Å². The van der Waals surface area contributed by atoms with E-state index in [4.69, 9.17) is 11.5 Å². The van der Waals surface area contributed by atoms with Crippen LogP contribution in [0.3, 0.4) is 0 Å². The van der Waals surface area contributed by atoms with Crippen molar-refractivity contribution in [3.8, 4) is 0 Å². The maximum Gasteiger partial charge on any atom is 0.0304 e. The van der Waals surface area contributed by atoms with Crippen molar-refractivity contribution in [3.63, 3.8) is 0 Å². The Bertz CT molecular complexity index is 318. The van der Waals surface area contributed by atoms with Gasteiger partial charge in [0, 0.05) is 12.1 Å². The highest BCUT2D eigenvalue weighted by Gasteiger charge is 2.22. The molecule has 2 heteroatoms. The molecule has 0 aliphatic heterocycles. The maximum atomic E-state index is 6.03. The lowest BCUT2D eigenvalue weighted by Crippen LogP contribution is -2.13. The van der Waals surface area contributed by atoms with Crippen LogP contribution in [0.4, 0.5) is 0 Å². The molecule has 2 rings (SSSR count). The summed E-state index contributed by atoms with van der Waals surface area (Å²) in [4.78, 5) is 0. The summed E-state index contributed by atoms with van der Waals surface area (Å²) in [7, 11) is 0. The summed E-state index contributed by atoms with van der Waals surface area (Å²) in [5.74, 6) is 0. The van der Waals surface area contributed by atoms with Gasteiger partial charge in [0.1, 0.15) is 0 Å². The number of rotatable bonds is 1. The molecule has 0 spiro atoms. The molecule has 0 bridgehead atoms. The van der Waals surface area contributed by atoms with E-state index in [1.807, 2.05) is 6.92 Å². The highest BCUT2D eigenvalue weighted by atomic mass is 14.7. The molecule has 0 heterocycles. The van der Waals surface area contributed by atoms with Gasteiger partial charge in [-0.25, -0.2) is 0 Å². The van der Waals surface area contributed by atoms with Crippen molar-refractivity contribution in [2.45, 2.75) is 31.8 Å². The molecule has 0 saturated heterocycles. The summed E-state index contributed by atoms with van der Waals surface area (Å²) in [6.45, 7) is 2.01. The lowest BCUT2D eigenvalue weighted by atomic mass is 9.97. The third-order valence-corrected chi connectivity index (χ3v) is 2.82. The Morgan fingerprint density at radius 2 is 2.23 bits per heavy atom. The van der Waals surface area contributed by atoms with Gasteiger partial charge >= 0.3 is 0 Å². The van der Waals surface area contributed by atoms with E-state index in [0.29, 0.717) is 0 Å². The van der Waals surface area contributed by atoms with Crippen molar-refractivity contribution in [3.05, 3.63) is 34.9 Å². The average Bonchev–Trinajstić information content (AvgIpc) is 2.48. The average molecular weight is 176 g/mol. The number of fused-ring (bicyclic) bond motifs is 1. The molecule has 70 valence electrons. The van der Waals surface area contributed by atoms with Crippen LogP contribution in [0.2, 0.25) is 0 Å². The van der Waals surface area contributed by atoms with E-state index in [1.54, 1.807) is 0 Å². The van der Waals surface area contributed by atoms with Crippen LogP contribution in [0.15, 0.2) is 18.2 Å². The van der Waals surface area contributed by atoms with Gasteiger partial charge in [0.25, 0.3) is 0 Å². The smallest absolute Gasteiger partial charge is 0.0304 e. The first-order valence-electron chi connectivity index (χ1n) is 4.83. The third-order valence-electron chi connectivity index (χ3n) is 2.82. The summed E-state index contributed by atoms with van der Waals surface area (Å²) >= 11 is 0. The first-order valence-corrected chi connectivity index (χ1v) is 4.83. The van der Waals surface area contributed by atoms with Gasteiger partial charge in [0.2, 0.25) is 0 Å². The van der Waals surface area contributed by atoms with E-state index >= 15 is 0 Å². The van der Waals surface area contributed by atoms with Crippen LogP contribution in [-0.4, -0.2) is 0 Å². The second-order valence-electron chi connectivity index (χ2n) is 3.85. The van der Waals surface area contributed by atoms with Crippen molar-refractivity contribution < 1.29 is 0 Å². The Labute approximate surface area is 78.9 Å². The molecular formula is C11H16N2. The minimum Gasteiger partial charge on any atom is -0.324 e. The van der Waals surface area contributed by atoms with Crippen LogP contribution in [0.5, 0.6) is 0 Å². The highest BCUT2D eigenvalue weighted by Crippen LogP contribution is 2.33. The van der Waals surface area contributed by atoms with Crippen molar-refractivity contribution >= 4 is 0 Å². The molecule has 2 atom stereocenters. The van der Waals surface area contributed by atoms with Crippen molar-refractivity contribution in [2.75, 3.05) is 0 Å². The zero-order chi connectivity index (χ0) is 9.42. The largest absolute Gasteiger partial charge is 0.324 e. The number of benzene rings is 1. The van der Waals surface area contributed by atoms with Gasteiger partial charge in [0.05, 0.1) is 0 Å². The number of hydrogen-bond donors (Lipinski definition) is 2. The lowest BCUT2D eigenvalue weighted by Gasteiger charge is -2.14. The van der Waals surface area contributed by atoms with E-state index < -0.39 is 0 Å². The fourth-order valence-electron chi connectivity index (χ4n) is 2.16. The van der Waals surface area contributed by atoms with Gasteiger partial charge in [-0.05, 0) is 36.5 Å². The van der Waals surface area contributed by atoms with Gasteiger partial charge in [-0.2, -0.15) is 0 Å². The molecule has 0 aromatic heterocycles. The van der Waals surface area contributed by atoms with E-state index in [1.165, 1.54) is 16.7 Å². The molecule has 2 nitrogen and oxygen atoms in total. The molecule has 4 N–H and O–H groups in total. The van der Waals surface area contributed by atoms with Crippen molar-refractivity contribution in [2.24, 2.45) is 11.5 Å². The van der Waals surface area contributed by atoms with E-state index in [-0.39, 0.29) is 12.1 Å². The first-order chi connectivity index (χ1) is 6.20. The number of aryl methyl sites for hydroxylation is 1. The zero-order valence-electron chi connectivity index (χ0n) is 7.96. The highest BCUT2D eigenvalue weighted by molar-refractivity contribution is 5.42. The standard InChI is InChI=1S/C11H16N2/c1-7(12)9-4-2-3-8-5-6-10(13)11(8)9/h2-4,7,10H,5-6,12-13H2,1H3. The predicted molar refractivity (Wildman–Crippen MR) is 54.3 cm³/mol. The second kappa shape index (κ2) is 3.13.